The molecule has 1 aliphatic rings. The van der Waals surface area contributed by atoms with E-state index in [1.807, 2.05) is 48.5 Å². The van der Waals surface area contributed by atoms with Gasteiger partial charge in [-0.15, -0.1) is 0 Å². The van der Waals surface area contributed by atoms with Gasteiger partial charge in [0.15, 0.2) is 0 Å². The molecule has 0 saturated carbocycles. The van der Waals surface area contributed by atoms with Crippen LogP contribution in [0.5, 0.6) is 0 Å². The highest BCUT2D eigenvalue weighted by Gasteiger charge is 2.31. The molecule has 1 saturated heterocycles. The van der Waals surface area contributed by atoms with E-state index in [0.717, 1.165) is 24.0 Å². The van der Waals surface area contributed by atoms with Gasteiger partial charge in [-0.05, 0) is 36.1 Å². The van der Waals surface area contributed by atoms with Crippen LogP contribution in [0.1, 0.15) is 35.6 Å². The average molecular weight is 306 g/mol. The first kappa shape index (κ1) is 15.1. The largest absolute Gasteiger partial charge is 0.445 e. The Kier molecular flexibility index (Phi) is 4.58. The lowest BCUT2D eigenvalue weighted by atomic mass is 10.0. The highest BCUT2D eigenvalue weighted by Crippen LogP contribution is 2.32. The number of likely N-dealkylation sites (tertiary alicyclic amines) is 1. The zero-order valence-electron chi connectivity index (χ0n) is 12.8. The number of nitriles is 1. The van der Waals surface area contributed by atoms with E-state index in [1.165, 1.54) is 0 Å². The lowest BCUT2D eigenvalue weighted by Gasteiger charge is -2.24. The summed E-state index contributed by atoms with van der Waals surface area (Å²) in [4.78, 5) is 14.2. The van der Waals surface area contributed by atoms with Crippen molar-refractivity contribution in [3.8, 4) is 6.07 Å². The van der Waals surface area contributed by atoms with Crippen LogP contribution < -0.4 is 0 Å². The topological polar surface area (TPSA) is 53.3 Å². The van der Waals surface area contributed by atoms with E-state index in [0.29, 0.717) is 12.1 Å². The highest BCUT2D eigenvalue weighted by molar-refractivity contribution is 5.69. The van der Waals surface area contributed by atoms with Crippen LogP contribution in [0.4, 0.5) is 4.79 Å². The summed E-state index contributed by atoms with van der Waals surface area (Å²) in [6, 6.07) is 19.3. The first-order valence-electron chi connectivity index (χ1n) is 7.75. The van der Waals surface area contributed by atoms with Gasteiger partial charge in [-0.2, -0.15) is 5.26 Å². The number of ether oxygens (including phenoxy) is 1. The third-order valence-corrected chi connectivity index (χ3v) is 4.09. The first-order chi connectivity index (χ1) is 11.3. The van der Waals surface area contributed by atoms with Crippen LogP contribution >= 0.6 is 0 Å². The summed E-state index contributed by atoms with van der Waals surface area (Å²) in [5.41, 5.74) is 2.59. The normalized spacial score (nSPS) is 16.8. The Morgan fingerprint density at radius 3 is 2.83 bits per heavy atom. The molecule has 0 radical (unpaired) electrons. The average Bonchev–Trinajstić information content (AvgIpc) is 3.10. The van der Waals surface area contributed by atoms with Crippen LogP contribution in [0.25, 0.3) is 0 Å². The maximum Gasteiger partial charge on any atom is 0.410 e. The zero-order valence-corrected chi connectivity index (χ0v) is 12.8. The zero-order chi connectivity index (χ0) is 16.1. The molecule has 1 aliphatic heterocycles. The van der Waals surface area contributed by atoms with Crippen molar-refractivity contribution in [1.29, 1.82) is 5.26 Å². The molecule has 1 unspecified atom stereocenters. The van der Waals surface area contributed by atoms with Crippen LogP contribution in [-0.4, -0.2) is 17.5 Å². The van der Waals surface area contributed by atoms with Crippen molar-refractivity contribution in [1.82, 2.24) is 4.90 Å². The second-order valence-corrected chi connectivity index (χ2v) is 5.63. The molecule has 3 rings (SSSR count). The molecule has 1 atom stereocenters. The van der Waals surface area contributed by atoms with Gasteiger partial charge in [-0.3, -0.25) is 0 Å². The number of nitrogens with zero attached hydrogens (tertiary/aromatic N) is 2. The summed E-state index contributed by atoms with van der Waals surface area (Å²) < 4.78 is 5.44. The van der Waals surface area contributed by atoms with Crippen molar-refractivity contribution >= 4 is 6.09 Å². The van der Waals surface area contributed by atoms with Gasteiger partial charge < -0.3 is 9.64 Å². The Bertz CT molecular complexity index is 722. The SMILES string of the molecule is N#Cc1cccc(C2CCCN2C(=O)OCc2ccccc2)c1. The predicted octanol–water partition coefficient (Wildman–Crippen LogP) is 4.03. The van der Waals surface area contributed by atoms with Crippen LogP contribution in [0.3, 0.4) is 0 Å². The summed E-state index contributed by atoms with van der Waals surface area (Å²) in [5.74, 6) is 0. The molecule has 116 valence electrons. The molecular formula is C19H18N2O2. The Hall–Kier alpha value is -2.80. The van der Waals surface area contributed by atoms with Crippen LogP contribution in [0, 0.1) is 11.3 Å². The Balaban J connectivity index is 1.68. The monoisotopic (exact) mass is 306 g/mol. The minimum absolute atomic E-state index is 0.00780. The molecular weight excluding hydrogens is 288 g/mol. The van der Waals surface area contributed by atoms with Gasteiger partial charge in [0.25, 0.3) is 0 Å². The molecule has 0 spiro atoms. The molecule has 1 fully saturated rings. The molecule has 0 N–H and O–H groups in total. The number of benzene rings is 2. The van der Waals surface area contributed by atoms with E-state index in [9.17, 15) is 4.79 Å². The summed E-state index contributed by atoms with van der Waals surface area (Å²) in [6.45, 7) is 0.968. The standard InChI is InChI=1S/C19H18N2O2/c20-13-16-8-4-9-17(12-16)18-10-5-11-21(18)19(22)23-14-15-6-2-1-3-7-15/h1-4,6-9,12,18H,5,10-11,14H2. The van der Waals surface area contributed by atoms with Crippen LogP contribution in [0.15, 0.2) is 54.6 Å². The lowest BCUT2D eigenvalue weighted by Crippen LogP contribution is -2.31. The van der Waals surface area contributed by atoms with E-state index in [1.54, 1.807) is 11.0 Å². The van der Waals surface area contributed by atoms with Crippen molar-refractivity contribution < 1.29 is 9.53 Å². The van der Waals surface area contributed by atoms with Crippen molar-refractivity contribution in [3.63, 3.8) is 0 Å². The van der Waals surface area contributed by atoms with Gasteiger partial charge in [-0.25, -0.2) is 4.79 Å². The second-order valence-electron chi connectivity index (χ2n) is 5.63. The Morgan fingerprint density at radius 1 is 1.22 bits per heavy atom. The Labute approximate surface area is 135 Å². The van der Waals surface area contributed by atoms with E-state index >= 15 is 0 Å². The van der Waals surface area contributed by atoms with Gasteiger partial charge in [0.2, 0.25) is 0 Å². The fraction of sp³-hybridized carbons (Fsp3) is 0.263. The van der Waals surface area contributed by atoms with E-state index < -0.39 is 0 Å². The van der Waals surface area contributed by atoms with Gasteiger partial charge in [0, 0.05) is 6.54 Å². The third-order valence-electron chi connectivity index (χ3n) is 4.09. The molecule has 4 heteroatoms. The smallest absolute Gasteiger partial charge is 0.410 e. The molecule has 4 nitrogen and oxygen atoms in total. The maximum absolute atomic E-state index is 12.4. The summed E-state index contributed by atoms with van der Waals surface area (Å²) in [6.07, 6.45) is 1.55. The summed E-state index contributed by atoms with van der Waals surface area (Å²) in [7, 11) is 0. The fourth-order valence-electron chi connectivity index (χ4n) is 2.95. The second kappa shape index (κ2) is 6.97. The molecule has 0 bridgehead atoms. The maximum atomic E-state index is 12.4. The summed E-state index contributed by atoms with van der Waals surface area (Å²) in [5, 5.41) is 9.03. The fourth-order valence-corrected chi connectivity index (χ4v) is 2.95. The van der Waals surface area contributed by atoms with Gasteiger partial charge in [-0.1, -0.05) is 42.5 Å². The molecule has 1 amide bonds. The van der Waals surface area contributed by atoms with Gasteiger partial charge >= 0.3 is 6.09 Å². The van der Waals surface area contributed by atoms with E-state index in [-0.39, 0.29) is 18.7 Å². The van der Waals surface area contributed by atoms with Gasteiger partial charge in [0.05, 0.1) is 17.7 Å². The molecule has 23 heavy (non-hydrogen) atoms. The van der Waals surface area contributed by atoms with Gasteiger partial charge in [0.1, 0.15) is 6.61 Å². The van der Waals surface area contributed by atoms with Crippen molar-refractivity contribution in [2.24, 2.45) is 0 Å². The quantitative estimate of drug-likeness (QED) is 0.860. The van der Waals surface area contributed by atoms with Crippen molar-refractivity contribution in [2.45, 2.75) is 25.5 Å². The number of carbonyl (C=O) groups is 1. The van der Waals surface area contributed by atoms with Crippen molar-refractivity contribution in [2.75, 3.05) is 6.54 Å². The first-order valence-corrected chi connectivity index (χ1v) is 7.75. The molecule has 1 heterocycles. The third kappa shape index (κ3) is 3.51. The number of amides is 1. The molecule has 0 aliphatic carbocycles. The molecule has 0 aromatic heterocycles. The number of rotatable bonds is 3. The minimum Gasteiger partial charge on any atom is -0.445 e. The van der Waals surface area contributed by atoms with Crippen molar-refractivity contribution in [3.05, 3.63) is 71.3 Å². The minimum atomic E-state index is -0.293. The van der Waals surface area contributed by atoms with Crippen LogP contribution in [0.2, 0.25) is 0 Å². The number of hydrogen-bond acceptors (Lipinski definition) is 3. The number of hydrogen-bond donors (Lipinski definition) is 0. The molecule has 2 aromatic rings. The Morgan fingerprint density at radius 2 is 2.04 bits per heavy atom. The number of carbonyl (C=O) groups excluding carboxylic acids is 1. The van der Waals surface area contributed by atoms with E-state index in [2.05, 4.69) is 6.07 Å². The van der Waals surface area contributed by atoms with Crippen LogP contribution in [-0.2, 0) is 11.3 Å². The summed E-state index contributed by atoms with van der Waals surface area (Å²) >= 11 is 0. The van der Waals surface area contributed by atoms with E-state index in [4.69, 9.17) is 10.00 Å². The highest BCUT2D eigenvalue weighted by atomic mass is 16.6. The molecule has 2 aromatic carbocycles. The lowest BCUT2D eigenvalue weighted by molar-refractivity contribution is 0.0921. The predicted molar refractivity (Wildman–Crippen MR) is 86.5 cm³/mol.